The lowest BCUT2D eigenvalue weighted by atomic mass is 9.88. The van der Waals surface area contributed by atoms with Crippen LogP contribution in [0.25, 0.3) is 0 Å². The minimum absolute atomic E-state index is 0.187. The van der Waals surface area contributed by atoms with Crippen molar-refractivity contribution in [3.8, 4) is 0 Å². The molecule has 0 saturated heterocycles. The monoisotopic (exact) mass is 284 g/mol. The van der Waals surface area contributed by atoms with Gasteiger partial charge in [-0.2, -0.15) is 0 Å². The van der Waals surface area contributed by atoms with E-state index in [4.69, 9.17) is 11.6 Å². The van der Waals surface area contributed by atoms with Crippen molar-refractivity contribution < 1.29 is 9.53 Å². The normalized spacial score (nSPS) is 15.7. The summed E-state index contributed by atoms with van der Waals surface area (Å²) in [6.07, 6.45) is 1.86. The van der Waals surface area contributed by atoms with Crippen LogP contribution in [-0.4, -0.2) is 23.6 Å². The van der Waals surface area contributed by atoms with E-state index in [1.807, 2.05) is 33.0 Å². The first-order valence-electron chi connectivity index (χ1n) is 6.17. The average molecular weight is 285 g/mol. The third-order valence-corrected chi connectivity index (χ3v) is 2.93. The molecule has 4 nitrogen and oxygen atoms in total. The molecule has 19 heavy (non-hydrogen) atoms. The number of nitrogens with one attached hydrogen (secondary N) is 1. The lowest BCUT2D eigenvalue weighted by molar-refractivity contribution is -0.138. The van der Waals surface area contributed by atoms with Gasteiger partial charge in [0.2, 0.25) is 0 Å². The second kappa shape index (κ2) is 5.78. The number of ether oxygens (including phenoxy) is 1. The maximum Gasteiger partial charge on any atom is 0.293 e. The van der Waals surface area contributed by atoms with Gasteiger partial charge < -0.3 is 10.1 Å². The fourth-order valence-electron chi connectivity index (χ4n) is 1.67. The quantitative estimate of drug-likeness (QED) is 0.634. The van der Waals surface area contributed by atoms with Crippen molar-refractivity contribution in [1.29, 1.82) is 0 Å². The molecule has 1 aliphatic heterocycles. The molecule has 0 spiro atoms. The van der Waals surface area contributed by atoms with Crippen molar-refractivity contribution in [3.63, 3.8) is 0 Å². The molecule has 0 saturated carbocycles. The second-order valence-electron chi connectivity index (χ2n) is 6.12. The molecule has 0 aliphatic carbocycles. The highest BCUT2D eigenvalue weighted by atomic mass is 35.5. The standard InChI is InChI=1S/C9H11ClN2.C5H10O2/c1-9(2)5-12-7-3-8(10)11-4-6(7)9;1-5(2,3)7-4-6/h3-4,12H,5H2,1-2H3;4H,1-3H3. The summed E-state index contributed by atoms with van der Waals surface area (Å²) in [6, 6.07) is 1.88. The number of rotatable bonds is 1. The second-order valence-corrected chi connectivity index (χ2v) is 6.50. The Bertz CT molecular complexity index is 453. The van der Waals surface area contributed by atoms with Crippen molar-refractivity contribution in [2.45, 2.75) is 45.6 Å². The molecule has 2 rings (SSSR count). The van der Waals surface area contributed by atoms with Gasteiger partial charge in [0.05, 0.1) is 0 Å². The Morgan fingerprint density at radius 2 is 2.11 bits per heavy atom. The zero-order valence-corrected chi connectivity index (χ0v) is 12.8. The Morgan fingerprint density at radius 1 is 1.47 bits per heavy atom. The van der Waals surface area contributed by atoms with Crippen molar-refractivity contribution in [2.75, 3.05) is 11.9 Å². The predicted molar refractivity (Wildman–Crippen MR) is 77.7 cm³/mol. The molecule has 1 aromatic heterocycles. The fourth-order valence-corrected chi connectivity index (χ4v) is 1.83. The molecule has 0 bridgehead atoms. The van der Waals surface area contributed by atoms with Crippen molar-refractivity contribution in [3.05, 3.63) is 23.0 Å². The van der Waals surface area contributed by atoms with Gasteiger partial charge in [0.15, 0.2) is 0 Å². The molecule has 0 unspecified atom stereocenters. The van der Waals surface area contributed by atoms with E-state index >= 15 is 0 Å². The molecule has 1 N–H and O–H groups in total. The van der Waals surface area contributed by atoms with Gasteiger partial charge in [0.1, 0.15) is 10.8 Å². The molecule has 0 fully saturated rings. The van der Waals surface area contributed by atoms with Crippen LogP contribution >= 0.6 is 11.6 Å². The Kier molecular flexibility index (Phi) is 4.80. The molecule has 0 atom stereocenters. The molecular weight excluding hydrogens is 264 g/mol. The number of carbonyl (C=O) groups excluding carboxylic acids is 1. The fraction of sp³-hybridized carbons (Fsp3) is 0.571. The highest BCUT2D eigenvalue weighted by molar-refractivity contribution is 6.29. The number of halogens is 1. The number of fused-ring (bicyclic) bond motifs is 1. The van der Waals surface area contributed by atoms with Gasteiger partial charge in [-0.25, -0.2) is 4.98 Å². The summed E-state index contributed by atoms with van der Waals surface area (Å²) in [4.78, 5) is 13.7. The Hall–Kier alpha value is -1.29. The average Bonchev–Trinajstić information content (AvgIpc) is 2.53. The van der Waals surface area contributed by atoms with E-state index in [0.717, 1.165) is 12.2 Å². The van der Waals surface area contributed by atoms with Gasteiger partial charge in [-0.3, -0.25) is 4.79 Å². The minimum atomic E-state index is -0.318. The molecule has 0 aromatic carbocycles. The van der Waals surface area contributed by atoms with E-state index in [9.17, 15) is 4.79 Å². The SMILES string of the molecule is CC(C)(C)OC=O.CC1(C)CNc2cc(Cl)ncc21. The number of carbonyl (C=O) groups is 1. The Labute approximate surface area is 119 Å². The van der Waals surface area contributed by atoms with E-state index in [-0.39, 0.29) is 11.0 Å². The molecule has 1 aliphatic rings. The summed E-state index contributed by atoms with van der Waals surface area (Å²) in [6.45, 7) is 11.3. The van der Waals surface area contributed by atoms with Gasteiger partial charge in [-0.1, -0.05) is 25.4 Å². The third-order valence-electron chi connectivity index (χ3n) is 2.72. The molecule has 106 valence electrons. The highest BCUT2D eigenvalue weighted by Gasteiger charge is 2.29. The summed E-state index contributed by atoms with van der Waals surface area (Å²) >= 11 is 5.77. The van der Waals surface area contributed by atoms with Crippen LogP contribution in [0.15, 0.2) is 12.3 Å². The van der Waals surface area contributed by atoms with E-state index in [1.165, 1.54) is 5.56 Å². The van der Waals surface area contributed by atoms with Gasteiger partial charge in [0.25, 0.3) is 6.47 Å². The predicted octanol–water partition coefficient (Wildman–Crippen LogP) is 3.40. The number of anilines is 1. The number of hydrogen-bond donors (Lipinski definition) is 1. The van der Waals surface area contributed by atoms with Crippen molar-refractivity contribution in [2.24, 2.45) is 0 Å². The summed E-state index contributed by atoms with van der Waals surface area (Å²) in [5.41, 5.74) is 2.25. The van der Waals surface area contributed by atoms with Crippen LogP contribution in [0, 0.1) is 0 Å². The first kappa shape index (κ1) is 15.8. The van der Waals surface area contributed by atoms with Crippen molar-refractivity contribution in [1.82, 2.24) is 4.98 Å². The number of hydrogen-bond acceptors (Lipinski definition) is 4. The van der Waals surface area contributed by atoms with Crippen molar-refractivity contribution >= 4 is 23.8 Å². The minimum Gasteiger partial charge on any atom is -0.462 e. The Morgan fingerprint density at radius 3 is 2.58 bits per heavy atom. The first-order chi connectivity index (χ1) is 8.65. The highest BCUT2D eigenvalue weighted by Crippen LogP contribution is 2.36. The van der Waals surface area contributed by atoms with E-state index < -0.39 is 0 Å². The van der Waals surface area contributed by atoms with E-state index in [0.29, 0.717) is 11.6 Å². The van der Waals surface area contributed by atoms with Gasteiger partial charge in [-0.05, 0) is 26.8 Å². The lowest BCUT2D eigenvalue weighted by Crippen LogP contribution is -2.18. The van der Waals surface area contributed by atoms with Crippen LogP contribution in [0.4, 0.5) is 5.69 Å². The summed E-state index contributed by atoms with van der Waals surface area (Å²) in [7, 11) is 0. The van der Waals surface area contributed by atoms with E-state index in [1.54, 1.807) is 0 Å². The summed E-state index contributed by atoms with van der Waals surface area (Å²) < 4.78 is 4.55. The molecule has 0 amide bonds. The largest absolute Gasteiger partial charge is 0.462 e. The van der Waals surface area contributed by atoms with Gasteiger partial charge >= 0.3 is 0 Å². The Balaban J connectivity index is 0.000000224. The smallest absolute Gasteiger partial charge is 0.293 e. The molecule has 2 heterocycles. The van der Waals surface area contributed by atoms with Crippen LogP contribution in [0.1, 0.15) is 40.2 Å². The summed E-state index contributed by atoms with van der Waals surface area (Å²) in [5, 5.41) is 3.86. The molecule has 0 radical (unpaired) electrons. The number of nitrogens with zero attached hydrogens (tertiary/aromatic N) is 1. The van der Waals surface area contributed by atoms with Crippen LogP contribution in [0.3, 0.4) is 0 Å². The first-order valence-corrected chi connectivity index (χ1v) is 6.55. The van der Waals surface area contributed by atoms with E-state index in [2.05, 4.69) is 28.9 Å². The maximum atomic E-state index is 9.60. The van der Waals surface area contributed by atoms with Crippen LogP contribution in [0.2, 0.25) is 5.15 Å². The van der Waals surface area contributed by atoms with Gasteiger partial charge in [-0.15, -0.1) is 0 Å². The third kappa shape index (κ3) is 4.71. The number of pyridine rings is 1. The molecule has 5 heteroatoms. The zero-order chi connectivity index (χ0) is 14.7. The topological polar surface area (TPSA) is 51.2 Å². The van der Waals surface area contributed by atoms with Crippen LogP contribution < -0.4 is 5.32 Å². The van der Waals surface area contributed by atoms with Crippen LogP contribution in [-0.2, 0) is 14.9 Å². The lowest BCUT2D eigenvalue weighted by Gasteiger charge is -2.15. The van der Waals surface area contributed by atoms with Gasteiger partial charge in [0, 0.05) is 29.4 Å². The zero-order valence-electron chi connectivity index (χ0n) is 12.1. The maximum absolute atomic E-state index is 9.60. The molecular formula is C14H21ClN2O2. The number of aromatic nitrogens is 1. The summed E-state index contributed by atoms with van der Waals surface area (Å²) in [5.74, 6) is 0. The molecule has 1 aromatic rings. The van der Waals surface area contributed by atoms with Crippen LogP contribution in [0.5, 0.6) is 0 Å².